The number of aromatic nitrogens is 2. The number of aryl methyl sites for hydroxylation is 1. The van der Waals surface area contributed by atoms with E-state index >= 15 is 0 Å². The predicted octanol–water partition coefficient (Wildman–Crippen LogP) is 3.28. The van der Waals surface area contributed by atoms with Crippen LogP contribution in [0.2, 0.25) is 0 Å². The first-order chi connectivity index (χ1) is 11.7. The molecule has 3 aromatic rings. The second-order valence-electron chi connectivity index (χ2n) is 6.01. The molecule has 2 aromatic heterocycles. The minimum atomic E-state index is -0.0419. The van der Waals surface area contributed by atoms with Crippen molar-refractivity contribution in [3.63, 3.8) is 0 Å². The number of benzene rings is 1. The van der Waals surface area contributed by atoms with Crippen LogP contribution in [0.4, 0.5) is 0 Å². The third kappa shape index (κ3) is 2.83. The van der Waals surface area contributed by atoms with Gasteiger partial charge in [0.05, 0.1) is 11.8 Å². The average Bonchev–Trinajstić information content (AvgIpc) is 3.32. The molecule has 1 aliphatic heterocycles. The van der Waals surface area contributed by atoms with Crippen LogP contribution in [0.25, 0.3) is 16.2 Å². The minimum Gasteiger partial charge on any atom is -0.376 e. The number of nitrogens with zero attached hydrogens (tertiary/aromatic N) is 2. The fraction of sp³-hybridized carbons (Fsp3) is 0.333. The molecule has 3 heterocycles. The number of ether oxygens (including phenoxy) is 1. The predicted molar refractivity (Wildman–Crippen MR) is 94.5 cm³/mol. The van der Waals surface area contributed by atoms with E-state index in [1.165, 1.54) is 11.3 Å². The van der Waals surface area contributed by atoms with Gasteiger partial charge in [-0.15, -0.1) is 0 Å². The summed E-state index contributed by atoms with van der Waals surface area (Å²) < 4.78 is 7.54. The Labute approximate surface area is 144 Å². The van der Waals surface area contributed by atoms with E-state index in [2.05, 4.69) is 10.3 Å². The van der Waals surface area contributed by atoms with Crippen LogP contribution in [-0.2, 0) is 4.74 Å². The fourth-order valence-electron chi connectivity index (χ4n) is 3.00. The Hall–Kier alpha value is -2.18. The van der Waals surface area contributed by atoms with Crippen LogP contribution in [0, 0.1) is 6.92 Å². The van der Waals surface area contributed by atoms with Gasteiger partial charge in [-0.2, -0.15) is 0 Å². The lowest BCUT2D eigenvalue weighted by Crippen LogP contribution is -2.31. The molecule has 0 unspecified atom stereocenters. The minimum absolute atomic E-state index is 0.0419. The lowest BCUT2D eigenvalue weighted by molar-refractivity contribution is 0.0860. The Morgan fingerprint density at radius 1 is 1.42 bits per heavy atom. The first-order valence-corrected chi connectivity index (χ1v) is 8.98. The van der Waals surface area contributed by atoms with Gasteiger partial charge in [0.25, 0.3) is 5.91 Å². The van der Waals surface area contributed by atoms with Crippen LogP contribution in [0.3, 0.4) is 0 Å². The maximum absolute atomic E-state index is 12.4. The third-order valence-corrected chi connectivity index (χ3v) is 5.50. The van der Waals surface area contributed by atoms with Gasteiger partial charge in [0.15, 0.2) is 4.96 Å². The molecule has 0 bridgehead atoms. The Morgan fingerprint density at radius 2 is 2.25 bits per heavy atom. The number of hydrogen-bond acceptors (Lipinski definition) is 4. The summed E-state index contributed by atoms with van der Waals surface area (Å²) in [5.74, 6) is -0.0419. The highest BCUT2D eigenvalue weighted by Gasteiger charge is 2.20. The van der Waals surface area contributed by atoms with Crippen molar-refractivity contribution in [3.05, 3.63) is 47.1 Å². The number of carbonyl (C=O) groups excluding carboxylic acids is 1. The maximum atomic E-state index is 12.4. The van der Waals surface area contributed by atoms with Crippen molar-refractivity contribution in [1.82, 2.24) is 14.7 Å². The standard InChI is InChI=1S/C18H19N3O2S/c1-12-16(17(22)19-10-14-8-5-9-23-14)24-18-20-15(11-21(12)18)13-6-3-2-4-7-13/h2-4,6-7,11,14H,5,8-10H2,1H3,(H,19,22)/t14-/m0/s1. The molecule has 1 fully saturated rings. The molecular weight excluding hydrogens is 322 g/mol. The highest BCUT2D eigenvalue weighted by atomic mass is 32.1. The Morgan fingerprint density at radius 3 is 2.96 bits per heavy atom. The molecule has 5 nitrogen and oxygen atoms in total. The molecule has 1 aliphatic rings. The summed E-state index contributed by atoms with van der Waals surface area (Å²) in [6.45, 7) is 3.34. The average molecular weight is 341 g/mol. The van der Waals surface area contributed by atoms with Gasteiger partial charge in [0.2, 0.25) is 0 Å². The highest BCUT2D eigenvalue weighted by molar-refractivity contribution is 7.19. The van der Waals surface area contributed by atoms with E-state index in [0.29, 0.717) is 6.54 Å². The molecule has 0 saturated carbocycles. The van der Waals surface area contributed by atoms with E-state index in [-0.39, 0.29) is 12.0 Å². The van der Waals surface area contributed by atoms with Gasteiger partial charge < -0.3 is 10.1 Å². The van der Waals surface area contributed by atoms with E-state index < -0.39 is 0 Å². The monoisotopic (exact) mass is 341 g/mol. The molecule has 0 spiro atoms. The molecular formula is C18H19N3O2S. The van der Waals surface area contributed by atoms with Crippen molar-refractivity contribution in [2.45, 2.75) is 25.9 Å². The molecule has 1 saturated heterocycles. The molecule has 24 heavy (non-hydrogen) atoms. The summed E-state index contributed by atoms with van der Waals surface area (Å²) in [5, 5.41) is 2.98. The first-order valence-electron chi connectivity index (χ1n) is 8.16. The third-order valence-electron chi connectivity index (χ3n) is 4.35. The van der Waals surface area contributed by atoms with Gasteiger partial charge in [-0.25, -0.2) is 4.98 Å². The van der Waals surface area contributed by atoms with Gasteiger partial charge in [-0.3, -0.25) is 9.20 Å². The number of nitrogens with one attached hydrogen (secondary N) is 1. The summed E-state index contributed by atoms with van der Waals surface area (Å²) in [5.41, 5.74) is 2.93. The smallest absolute Gasteiger partial charge is 0.263 e. The zero-order chi connectivity index (χ0) is 16.5. The van der Waals surface area contributed by atoms with E-state index in [1.54, 1.807) is 0 Å². The van der Waals surface area contributed by atoms with Gasteiger partial charge in [0.1, 0.15) is 4.88 Å². The quantitative estimate of drug-likeness (QED) is 0.792. The van der Waals surface area contributed by atoms with Gasteiger partial charge >= 0.3 is 0 Å². The molecule has 0 aliphatic carbocycles. The van der Waals surface area contributed by atoms with Crippen LogP contribution in [0.5, 0.6) is 0 Å². The molecule has 0 radical (unpaired) electrons. The van der Waals surface area contributed by atoms with Crippen molar-refractivity contribution < 1.29 is 9.53 Å². The molecule has 1 atom stereocenters. The summed E-state index contributed by atoms with van der Waals surface area (Å²) in [6, 6.07) is 10.1. The first kappa shape index (κ1) is 15.4. The summed E-state index contributed by atoms with van der Waals surface area (Å²) >= 11 is 1.43. The number of fused-ring (bicyclic) bond motifs is 1. The maximum Gasteiger partial charge on any atom is 0.263 e. The topological polar surface area (TPSA) is 55.6 Å². The normalized spacial score (nSPS) is 17.5. The Balaban J connectivity index is 1.55. The van der Waals surface area contributed by atoms with Crippen LogP contribution in [0.15, 0.2) is 36.5 Å². The number of hydrogen-bond donors (Lipinski definition) is 1. The van der Waals surface area contributed by atoms with Gasteiger partial charge in [0, 0.05) is 30.6 Å². The van der Waals surface area contributed by atoms with Crippen molar-refractivity contribution in [1.29, 1.82) is 0 Å². The largest absolute Gasteiger partial charge is 0.376 e. The number of carbonyl (C=O) groups is 1. The van der Waals surface area contributed by atoms with Gasteiger partial charge in [-0.05, 0) is 19.8 Å². The molecule has 1 N–H and O–H groups in total. The van der Waals surface area contributed by atoms with Crippen LogP contribution >= 0.6 is 11.3 Å². The van der Waals surface area contributed by atoms with Crippen molar-refractivity contribution in [2.75, 3.05) is 13.2 Å². The highest BCUT2D eigenvalue weighted by Crippen LogP contribution is 2.27. The fourth-order valence-corrected chi connectivity index (χ4v) is 4.03. The lowest BCUT2D eigenvalue weighted by Gasteiger charge is -2.10. The summed E-state index contributed by atoms with van der Waals surface area (Å²) in [6.07, 6.45) is 4.25. The number of thiazole rings is 1. The zero-order valence-corrected chi connectivity index (χ0v) is 14.3. The summed E-state index contributed by atoms with van der Waals surface area (Å²) in [4.78, 5) is 18.7. The Kier molecular flexibility index (Phi) is 4.08. The molecule has 4 rings (SSSR count). The van der Waals surface area contributed by atoms with E-state index in [9.17, 15) is 4.79 Å². The molecule has 1 aromatic carbocycles. The van der Waals surface area contributed by atoms with Crippen LogP contribution in [0.1, 0.15) is 28.2 Å². The second-order valence-corrected chi connectivity index (χ2v) is 6.98. The van der Waals surface area contributed by atoms with E-state index in [0.717, 1.165) is 46.2 Å². The Bertz CT molecular complexity index is 863. The lowest BCUT2D eigenvalue weighted by atomic mass is 10.2. The molecule has 6 heteroatoms. The van der Waals surface area contributed by atoms with Crippen molar-refractivity contribution in [2.24, 2.45) is 0 Å². The van der Waals surface area contributed by atoms with Crippen LogP contribution in [-0.4, -0.2) is 34.5 Å². The molecule has 124 valence electrons. The molecule has 1 amide bonds. The SMILES string of the molecule is Cc1c(C(=O)NC[C@@H]2CCCO2)sc2nc(-c3ccccc3)cn12. The zero-order valence-electron chi connectivity index (χ0n) is 13.5. The van der Waals surface area contributed by atoms with Crippen molar-refractivity contribution in [3.8, 4) is 11.3 Å². The summed E-state index contributed by atoms with van der Waals surface area (Å²) in [7, 11) is 0. The number of rotatable bonds is 4. The number of imidazole rings is 1. The second kappa shape index (κ2) is 6.37. The number of amides is 1. The van der Waals surface area contributed by atoms with Crippen molar-refractivity contribution >= 4 is 22.2 Å². The van der Waals surface area contributed by atoms with E-state index in [4.69, 9.17) is 4.74 Å². The van der Waals surface area contributed by atoms with E-state index in [1.807, 2.05) is 47.9 Å². The van der Waals surface area contributed by atoms with Gasteiger partial charge in [-0.1, -0.05) is 41.7 Å². The van der Waals surface area contributed by atoms with Crippen LogP contribution < -0.4 is 5.32 Å².